The maximum atomic E-state index is 12.9. The van der Waals surface area contributed by atoms with Gasteiger partial charge < -0.3 is 16.4 Å². The van der Waals surface area contributed by atoms with E-state index in [4.69, 9.17) is 17.3 Å². The molecule has 0 saturated heterocycles. The molecule has 6 heteroatoms. The summed E-state index contributed by atoms with van der Waals surface area (Å²) < 4.78 is 12.9. The first-order chi connectivity index (χ1) is 9.06. The highest BCUT2D eigenvalue weighted by molar-refractivity contribution is 6.33. The predicted molar refractivity (Wildman–Crippen MR) is 74.9 cm³/mol. The van der Waals surface area contributed by atoms with E-state index in [2.05, 4.69) is 10.6 Å². The third-order valence-electron chi connectivity index (χ3n) is 2.38. The number of rotatable bonds is 2. The second kappa shape index (κ2) is 5.58. The fraction of sp³-hybridized carbons (Fsp3) is 0. The largest absolute Gasteiger partial charge is 0.397 e. The number of nitrogens with one attached hydrogen (secondary N) is 2. The molecule has 0 bridgehead atoms. The molecule has 0 aromatic heterocycles. The van der Waals surface area contributed by atoms with Gasteiger partial charge in [-0.3, -0.25) is 0 Å². The zero-order valence-corrected chi connectivity index (χ0v) is 10.5. The first-order valence-electron chi connectivity index (χ1n) is 5.44. The van der Waals surface area contributed by atoms with Crippen LogP contribution < -0.4 is 16.4 Å². The van der Waals surface area contributed by atoms with Crippen molar-refractivity contribution in [3.05, 3.63) is 53.3 Å². The van der Waals surface area contributed by atoms with Crippen LogP contribution in [0.4, 0.5) is 26.2 Å². The molecule has 98 valence electrons. The molecule has 0 fully saturated rings. The molecule has 0 aliphatic carbocycles. The number of carbonyl (C=O) groups excluding carboxylic acids is 1. The van der Waals surface area contributed by atoms with Crippen LogP contribution in [0.1, 0.15) is 0 Å². The first kappa shape index (κ1) is 13.2. The van der Waals surface area contributed by atoms with Crippen LogP contribution in [0.15, 0.2) is 42.5 Å². The smallest absolute Gasteiger partial charge is 0.323 e. The van der Waals surface area contributed by atoms with Gasteiger partial charge in [0.2, 0.25) is 0 Å². The number of nitrogen functional groups attached to an aromatic ring is 1. The third kappa shape index (κ3) is 3.35. The average Bonchev–Trinajstić information content (AvgIpc) is 2.36. The van der Waals surface area contributed by atoms with E-state index in [9.17, 15) is 9.18 Å². The fourth-order valence-corrected chi connectivity index (χ4v) is 1.67. The lowest BCUT2D eigenvalue weighted by Gasteiger charge is -2.10. The highest BCUT2D eigenvalue weighted by atomic mass is 35.5. The summed E-state index contributed by atoms with van der Waals surface area (Å²) in [7, 11) is 0. The highest BCUT2D eigenvalue weighted by Gasteiger charge is 2.07. The molecule has 4 N–H and O–H groups in total. The van der Waals surface area contributed by atoms with Gasteiger partial charge in [0.1, 0.15) is 5.82 Å². The number of hydrogen-bond acceptors (Lipinski definition) is 2. The van der Waals surface area contributed by atoms with Gasteiger partial charge in [0.15, 0.2) is 0 Å². The van der Waals surface area contributed by atoms with Crippen LogP contribution >= 0.6 is 11.6 Å². The molecule has 0 unspecified atom stereocenters. The topological polar surface area (TPSA) is 67.1 Å². The van der Waals surface area contributed by atoms with Crippen LogP contribution in [0.25, 0.3) is 0 Å². The minimum atomic E-state index is -0.508. The van der Waals surface area contributed by atoms with Crippen molar-refractivity contribution in [2.75, 3.05) is 16.4 Å². The maximum absolute atomic E-state index is 12.9. The van der Waals surface area contributed by atoms with Crippen LogP contribution in [-0.4, -0.2) is 6.03 Å². The summed E-state index contributed by atoms with van der Waals surface area (Å²) in [6.07, 6.45) is 0. The van der Waals surface area contributed by atoms with Gasteiger partial charge in [0, 0.05) is 0 Å². The van der Waals surface area contributed by atoms with E-state index in [1.54, 1.807) is 24.3 Å². The molecular formula is C13H11ClFN3O. The number of para-hydroxylation sites is 1. The summed E-state index contributed by atoms with van der Waals surface area (Å²) in [6, 6.07) is 10.0. The van der Waals surface area contributed by atoms with Gasteiger partial charge in [0.05, 0.1) is 22.1 Å². The van der Waals surface area contributed by atoms with Gasteiger partial charge in [0.25, 0.3) is 0 Å². The van der Waals surface area contributed by atoms with Crippen molar-refractivity contribution in [1.29, 1.82) is 0 Å². The number of benzene rings is 2. The Kier molecular flexibility index (Phi) is 3.87. The lowest BCUT2D eigenvalue weighted by molar-refractivity contribution is 0.262. The number of nitrogens with two attached hydrogens (primary N) is 1. The zero-order valence-electron chi connectivity index (χ0n) is 9.78. The van der Waals surface area contributed by atoms with Crippen molar-refractivity contribution in [2.45, 2.75) is 0 Å². The van der Waals surface area contributed by atoms with Crippen LogP contribution in [0.5, 0.6) is 0 Å². The SMILES string of the molecule is Nc1cc(F)ccc1NC(=O)Nc1ccccc1Cl. The van der Waals surface area contributed by atoms with Gasteiger partial charge in [-0.15, -0.1) is 0 Å². The van der Waals surface area contributed by atoms with E-state index in [0.29, 0.717) is 16.4 Å². The van der Waals surface area contributed by atoms with Gasteiger partial charge in [-0.25, -0.2) is 9.18 Å². The van der Waals surface area contributed by atoms with Crippen molar-refractivity contribution in [3.8, 4) is 0 Å². The van der Waals surface area contributed by atoms with Crippen LogP contribution in [0.2, 0.25) is 5.02 Å². The molecule has 19 heavy (non-hydrogen) atoms. The quantitative estimate of drug-likeness (QED) is 0.734. The van der Waals surface area contributed by atoms with E-state index in [1.807, 2.05) is 0 Å². The van der Waals surface area contributed by atoms with E-state index in [1.165, 1.54) is 12.1 Å². The molecule has 0 heterocycles. The minimum Gasteiger partial charge on any atom is -0.397 e. The Morgan fingerprint density at radius 3 is 2.47 bits per heavy atom. The number of urea groups is 1. The molecule has 0 spiro atoms. The molecule has 0 aliphatic rings. The normalized spacial score (nSPS) is 10.0. The number of amides is 2. The van der Waals surface area contributed by atoms with E-state index < -0.39 is 11.8 Å². The van der Waals surface area contributed by atoms with Gasteiger partial charge in [-0.1, -0.05) is 23.7 Å². The van der Waals surface area contributed by atoms with E-state index >= 15 is 0 Å². The summed E-state index contributed by atoms with van der Waals surface area (Å²) in [5.74, 6) is -0.463. The minimum absolute atomic E-state index is 0.148. The van der Waals surface area contributed by atoms with Crippen LogP contribution in [0.3, 0.4) is 0 Å². The summed E-state index contributed by atoms with van der Waals surface area (Å²) >= 11 is 5.91. The summed E-state index contributed by atoms with van der Waals surface area (Å²) in [5, 5.41) is 5.50. The molecule has 2 rings (SSSR count). The molecule has 0 radical (unpaired) electrons. The third-order valence-corrected chi connectivity index (χ3v) is 2.71. The second-order valence-corrected chi connectivity index (χ2v) is 4.20. The summed E-state index contributed by atoms with van der Waals surface area (Å²) in [5.41, 5.74) is 6.53. The van der Waals surface area contributed by atoms with Gasteiger partial charge in [-0.2, -0.15) is 0 Å². The molecule has 0 saturated carbocycles. The Morgan fingerprint density at radius 1 is 1.11 bits per heavy atom. The molecule has 0 atom stereocenters. The molecule has 2 amide bonds. The zero-order chi connectivity index (χ0) is 13.8. The van der Waals surface area contributed by atoms with E-state index in [0.717, 1.165) is 6.07 Å². The molecule has 0 aliphatic heterocycles. The second-order valence-electron chi connectivity index (χ2n) is 3.79. The number of carbonyl (C=O) groups is 1. The van der Waals surface area contributed by atoms with Crippen molar-refractivity contribution >= 4 is 34.7 Å². The number of hydrogen-bond donors (Lipinski definition) is 3. The Labute approximate surface area is 114 Å². The van der Waals surface area contributed by atoms with Crippen LogP contribution in [-0.2, 0) is 0 Å². The predicted octanol–water partition coefficient (Wildman–Crippen LogP) is 3.71. The highest BCUT2D eigenvalue weighted by Crippen LogP contribution is 2.22. The van der Waals surface area contributed by atoms with Crippen LogP contribution in [0, 0.1) is 5.82 Å². The van der Waals surface area contributed by atoms with Crippen molar-refractivity contribution in [1.82, 2.24) is 0 Å². The Bertz CT molecular complexity index is 619. The van der Waals surface area contributed by atoms with Gasteiger partial charge >= 0.3 is 6.03 Å². The lowest BCUT2D eigenvalue weighted by atomic mass is 10.2. The first-order valence-corrected chi connectivity index (χ1v) is 5.81. The van der Waals surface area contributed by atoms with E-state index in [-0.39, 0.29) is 5.69 Å². The maximum Gasteiger partial charge on any atom is 0.323 e. The number of anilines is 3. The molecule has 2 aromatic carbocycles. The molecular weight excluding hydrogens is 269 g/mol. The molecule has 4 nitrogen and oxygen atoms in total. The molecule has 2 aromatic rings. The average molecular weight is 280 g/mol. The summed E-state index contributed by atoms with van der Waals surface area (Å²) in [4.78, 5) is 11.7. The Balaban J connectivity index is 2.08. The van der Waals surface area contributed by atoms with Crippen molar-refractivity contribution in [3.63, 3.8) is 0 Å². The fourth-order valence-electron chi connectivity index (χ4n) is 1.49. The Hall–Kier alpha value is -2.27. The monoisotopic (exact) mass is 279 g/mol. The Morgan fingerprint density at radius 2 is 1.79 bits per heavy atom. The summed E-state index contributed by atoms with van der Waals surface area (Å²) in [6.45, 7) is 0. The number of halogens is 2. The van der Waals surface area contributed by atoms with Crippen molar-refractivity contribution < 1.29 is 9.18 Å². The lowest BCUT2D eigenvalue weighted by Crippen LogP contribution is -2.20. The van der Waals surface area contributed by atoms with Gasteiger partial charge in [-0.05, 0) is 30.3 Å². The standard InChI is InChI=1S/C13H11ClFN3O/c14-9-3-1-2-4-11(9)17-13(19)18-12-6-5-8(15)7-10(12)16/h1-7H,16H2,(H2,17,18,19). The van der Waals surface area contributed by atoms with Crippen molar-refractivity contribution in [2.24, 2.45) is 0 Å².